The summed E-state index contributed by atoms with van der Waals surface area (Å²) in [6, 6.07) is 0. The summed E-state index contributed by atoms with van der Waals surface area (Å²) in [4.78, 5) is 12.1. The molecule has 1 atom stereocenters. The van der Waals surface area contributed by atoms with Gasteiger partial charge >= 0.3 is 5.97 Å². The van der Waals surface area contributed by atoms with Gasteiger partial charge in [-0.25, -0.2) is 0 Å². The van der Waals surface area contributed by atoms with Crippen LogP contribution in [0.15, 0.2) is 36.8 Å². The van der Waals surface area contributed by atoms with Crippen LogP contribution in [0, 0.1) is 0 Å². The second kappa shape index (κ2) is 66.1. The number of likely N-dealkylation sites (N-methyl/N-ethyl adjacent to an activating group) is 1. The first-order valence-electron chi connectivity index (χ1n) is 32.9. The zero-order chi connectivity index (χ0) is 54.3. The number of nitrogens with zero attached hydrogens (tertiary/aromatic N) is 1. The summed E-state index contributed by atoms with van der Waals surface area (Å²) in [6.07, 6.45) is 70.7. The molecule has 76 heavy (non-hydrogen) atoms. The van der Waals surface area contributed by atoms with Crippen molar-refractivity contribution in [1.82, 2.24) is 0 Å². The van der Waals surface area contributed by atoms with Gasteiger partial charge in [0.25, 0.3) is 0 Å². The Balaban J connectivity index is 0. The van der Waals surface area contributed by atoms with Crippen LogP contribution in [0.5, 0.6) is 0 Å². The molecule has 0 aromatic heterocycles. The van der Waals surface area contributed by atoms with E-state index in [0.717, 1.165) is 43.3 Å². The average Bonchev–Trinajstić information content (AvgIpc) is 3.40. The van der Waals surface area contributed by atoms with Crippen molar-refractivity contribution in [3.63, 3.8) is 0 Å². The van der Waals surface area contributed by atoms with Gasteiger partial charge in [-0.05, 0) is 69.9 Å². The Bertz CT molecular complexity index is 1200. The van der Waals surface area contributed by atoms with E-state index in [1.807, 2.05) is 12.5 Å². The molecule has 0 spiro atoms. The number of quaternary nitrogens is 1. The van der Waals surface area contributed by atoms with Gasteiger partial charge in [0, 0.05) is 6.42 Å². The highest BCUT2D eigenvalue weighted by Crippen LogP contribution is 2.17. The smallest absolute Gasteiger partial charge is 0.305 e. The maximum Gasteiger partial charge on any atom is 0.305 e. The van der Waals surface area contributed by atoms with Crippen LogP contribution < -0.4 is 17.0 Å². The van der Waals surface area contributed by atoms with E-state index in [-0.39, 0.29) is 29.1 Å². The lowest BCUT2D eigenvalue weighted by atomic mass is 10.0. The Hall–Kier alpha value is -1.39. The SMILES string of the molecule is CCCCCCCC/C=C/CCCCCCCC(=O)OCCOCCOCCOCC[N+](C)(C)CC(CO/C=C/CCCCCCCCCCCCCCCC)O/C=C/CCCCCCCCCCCCCCCC.[Br-]. The number of carbonyl (C=O) groups is 1. The van der Waals surface area contributed by atoms with Crippen molar-refractivity contribution in [3.05, 3.63) is 36.8 Å². The molecule has 0 rings (SSSR count). The fourth-order valence-electron chi connectivity index (χ4n) is 9.70. The standard InChI is InChI=1S/C67H130NO7.BrH/c1-6-9-12-15-18-21-24-27-30-33-36-39-42-45-48-51-55-73-65-66(74-56-52-49-46-43-40-37-34-31-28-25-22-19-16-13-10-7-2)64-68(4,5)54-57-70-58-59-71-60-61-72-62-63-75-67(69)53-50-47-44-41-38-35-32-29-26-23-20-17-14-11-8-3;/h29,32,51-52,55-56,66H,6-28,30-31,33-50,53-54,57-65H2,1-5H3;1H/q+1;/p-1/b32-29+,55-51+,56-52+;. The molecule has 0 saturated heterocycles. The van der Waals surface area contributed by atoms with Crippen molar-refractivity contribution >= 4 is 5.97 Å². The van der Waals surface area contributed by atoms with Crippen LogP contribution in [0.1, 0.15) is 303 Å². The number of halogens is 1. The van der Waals surface area contributed by atoms with E-state index in [0.29, 0.717) is 59.3 Å². The first-order valence-corrected chi connectivity index (χ1v) is 32.9. The maximum absolute atomic E-state index is 12.1. The summed E-state index contributed by atoms with van der Waals surface area (Å²) in [5.41, 5.74) is 0. The number of unbranched alkanes of at least 4 members (excludes halogenated alkanes) is 39. The van der Waals surface area contributed by atoms with Crippen molar-refractivity contribution in [2.45, 2.75) is 309 Å². The fraction of sp³-hybridized carbons (Fsp3) is 0.896. The third-order valence-corrected chi connectivity index (χ3v) is 14.7. The molecule has 0 heterocycles. The van der Waals surface area contributed by atoms with Crippen molar-refractivity contribution in [3.8, 4) is 0 Å². The van der Waals surface area contributed by atoms with Gasteiger partial charge in [-0.3, -0.25) is 4.79 Å². The second-order valence-electron chi connectivity index (χ2n) is 22.8. The van der Waals surface area contributed by atoms with Crippen LogP contribution in [0.3, 0.4) is 0 Å². The topological polar surface area (TPSA) is 72.5 Å². The number of rotatable bonds is 64. The molecule has 9 heteroatoms. The van der Waals surface area contributed by atoms with Gasteiger partial charge in [-0.1, -0.05) is 251 Å². The Morgan fingerprint density at radius 1 is 0.382 bits per heavy atom. The molecule has 0 aromatic rings. The van der Waals surface area contributed by atoms with Crippen molar-refractivity contribution in [1.29, 1.82) is 0 Å². The van der Waals surface area contributed by atoms with Gasteiger partial charge in [-0.2, -0.15) is 0 Å². The van der Waals surface area contributed by atoms with Crippen molar-refractivity contribution in [2.75, 3.05) is 80.0 Å². The summed E-state index contributed by atoms with van der Waals surface area (Å²) >= 11 is 0. The molecule has 0 radical (unpaired) electrons. The molecule has 0 aromatic carbocycles. The normalized spacial score (nSPS) is 12.4. The predicted octanol–water partition coefficient (Wildman–Crippen LogP) is 16.9. The van der Waals surface area contributed by atoms with E-state index >= 15 is 0 Å². The molecule has 0 fully saturated rings. The number of esters is 1. The fourth-order valence-corrected chi connectivity index (χ4v) is 9.70. The molecule has 0 saturated carbocycles. The minimum atomic E-state index is -0.122. The highest BCUT2D eigenvalue weighted by Gasteiger charge is 2.23. The van der Waals surface area contributed by atoms with Gasteiger partial charge in [-0.15, -0.1) is 0 Å². The quantitative estimate of drug-likeness (QED) is 0.0198. The monoisotopic (exact) mass is 1140 g/mol. The number of allylic oxidation sites excluding steroid dienone is 4. The summed E-state index contributed by atoms with van der Waals surface area (Å²) < 4.78 is 35.9. The lowest BCUT2D eigenvalue weighted by Gasteiger charge is -2.32. The van der Waals surface area contributed by atoms with E-state index in [2.05, 4.69) is 59.2 Å². The highest BCUT2D eigenvalue weighted by atomic mass is 79.9. The van der Waals surface area contributed by atoms with Crippen molar-refractivity contribution < 1.29 is 54.7 Å². The second-order valence-corrected chi connectivity index (χ2v) is 22.8. The molecule has 0 aliphatic rings. The Morgan fingerprint density at radius 2 is 0.697 bits per heavy atom. The summed E-state index contributed by atoms with van der Waals surface area (Å²) in [7, 11) is 4.49. The predicted molar refractivity (Wildman–Crippen MR) is 324 cm³/mol. The minimum absolute atomic E-state index is 0. The number of ether oxygens (including phenoxy) is 6. The zero-order valence-corrected chi connectivity index (χ0v) is 53.0. The molecule has 0 aliphatic carbocycles. The van der Waals surface area contributed by atoms with Gasteiger partial charge in [0.15, 0.2) is 6.10 Å². The largest absolute Gasteiger partial charge is 1.00 e. The Morgan fingerprint density at radius 3 is 1.09 bits per heavy atom. The van der Waals surface area contributed by atoms with E-state index in [1.54, 1.807) is 0 Å². The maximum atomic E-state index is 12.1. The molecule has 1 unspecified atom stereocenters. The Kier molecular flexibility index (Phi) is 66.7. The third-order valence-electron chi connectivity index (χ3n) is 14.7. The molecule has 0 bridgehead atoms. The molecule has 452 valence electrons. The van der Waals surface area contributed by atoms with Gasteiger partial charge in [0.2, 0.25) is 0 Å². The summed E-state index contributed by atoms with van der Waals surface area (Å²) in [5, 5.41) is 0. The van der Waals surface area contributed by atoms with Crippen LogP contribution in [0.2, 0.25) is 0 Å². The average molecular weight is 1140 g/mol. The van der Waals surface area contributed by atoms with E-state index in [4.69, 9.17) is 28.4 Å². The molecule has 0 amide bonds. The van der Waals surface area contributed by atoms with E-state index in [9.17, 15) is 4.79 Å². The Labute approximate surface area is 484 Å². The van der Waals surface area contributed by atoms with Crippen molar-refractivity contribution in [2.24, 2.45) is 0 Å². The third kappa shape index (κ3) is 65.1. The number of hydrogen-bond donors (Lipinski definition) is 0. The van der Waals surface area contributed by atoms with Crippen LogP contribution in [-0.2, 0) is 33.2 Å². The molecular formula is C67H130BrNO7. The molecule has 8 nitrogen and oxygen atoms in total. The number of hydrogen-bond acceptors (Lipinski definition) is 7. The molecule has 0 N–H and O–H groups in total. The summed E-state index contributed by atoms with van der Waals surface area (Å²) in [5.74, 6) is -0.122. The first kappa shape index (κ1) is 76.7. The van der Waals surface area contributed by atoms with E-state index in [1.165, 1.54) is 250 Å². The van der Waals surface area contributed by atoms with E-state index < -0.39 is 0 Å². The molecular weight excluding hydrogens is 1010 g/mol. The van der Waals surface area contributed by atoms with Crippen LogP contribution in [0.4, 0.5) is 0 Å². The van der Waals surface area contributed by atoms with Crippen LogP contribution in [-0.4, -0.2) is 96.6 Å². The first-order chi connectivity index (χ1) is 36.9. The summed E-state index contributed by atoms with van der Waals surface area (Å²) in [6.45, 7) is 12.5. The van der Waals surface area contributed by atoms with Crippen LogP contribution in [0.25, 0.3) is 0 Å². The van der Waals surface area contributed by atoms with Gasteiger partial charge in [0.05, 0.1) is 66.3 Å². The van der Waals surface area contributed by atoms with Gasteiger partial charge in [0.1, 0.15) is 26.3 Å². The zero-order valence-electron chi connectivity index (χ0n) is 51.4. The highest BCUT2D eigenvalue weighted by molar-refractivity contribution is 5.69. The lowest BCUT2D eigenvalue weighted by molar-refractivity contribution is -0.893. The lowest BCUT2D eigenvalue weighted by Crippen LogP contribution is -3.00. The number of carbonyl (C=O) groups excluding carboxylic acids is 1. The van der Waals surface area contributed by atoms with Gasteiger partial charge < -0.3 is 49.9 Å². The van der Waals surface area contributed by atoms with Crippen LogP contribution >= 0.6 is 0 Å². The molecule has 0 aliphatic heterocycles. The minimum Gasteiger partial charge on any atom is -1.00 e.